The van der Waals surface area contributed by atoms with Gasteiger partial charge in [-0.1, -0.05) is 12.1 Å². The highest BCUT2D eigenvalue weighted by molar-refractivity contribution is 6.14. The average Bonchev–Trinajstić information content (AvgIpc) is 3.21. The van der Waals surface area contributed by atoms with Crippen molar-refractivity contribution in [1.82, 2.24) is 14.7 Å². The third-order valence-corrected chi connectivity index (χ3v) is 4.56. The maximum Gasteiger partial charge on any atom is 0.291 e. The summed E-state index contributed by atoms with van der Waals surface area (Å²) in [5.74, 6) is -0.475. The van der Waals surface area contributed by atoms with Crippen LogP contribution in [0, 0.1) is 6.92 Å². The molecule has 8 nitrogen and oxygen atoms in total. The zero-order valence-electron chi connectivity index (χ0n) is 15.2. The van der Waals surface area contributed by atoms with Crippen molar-refractivity contribution in [3.8, 4) is 0 Å². The fourth-order valence-electron chi connectivity index (χ4n) is 3.23. The molecule has 140 valence electrons. The smallest absolute Gasteiger partial charge is 0.291 e. The fraction of sp³-hybridized carbons (Fsp3) is 0.316. The van der Waals surface area contributed by atoms with Crippen LogP contribution in [0.3, 0.4) is 0 Å². The van der Waals surface area contributed by atoms with Crippen molar-refractivity contribution in [2.75, 3.05) is 31.6 Å². The summed E-state index contributed by atoms with van der Waals surface area (Å²) in [6.45, 7) is 3.77. The van der Waals surface area contributed by atoms with E-state index in [9.17, 15) is 9.59 Å². The van der Waals surface area contributed by atoms with E-state index in [0.29, 0.717) is 48.7 Å². The van der Waals surface area contributed by atoms with Crippen molar-refractivity contribution in [2.24, 2.45) is 7.05 Å². The van der Waals surface area contributed by atoms with Crippen LogP contribution in [-0.2, 0) is 11.8 Å². The van der Waals surface area contributed by atoms with Gasteiger partial charge < -0.3 is 19.4 Å². The van der Waals surface area contributed by atoms with Gasteiger partial charge in [0, 0.05) is 25.5 Å². The largest absolute Gasteiger partial charge is 0.449 e. The van der Waals surface area contributed by atoms with Gasteiger partial charge in [0.25, 0.3) is 11.8 Å². The van der Waals surface area contributed by atoms with Crippen molar-refractivity contribution >= 4 is 28.5 Å². The van der Waals surface area contributed by atoms with E-state index in [0.717, 1.165) is 5.69 Å². The van der Waals surface area contributed by atoms with Crippen LogP contribution in [0.25, 0.3) is 11.0 Å². The first-order valence-electron chi connectivity index (χ1n) is 8.75. The number of aryl methyl sites for hydroxylation is 2. The number of benzene rings is 1. The van der Waals surface area contributed by atoms with Crippen LogP contribution in [0.5, 0.6) is 0 Å². The summed E-state index contributed by atoms with van der Waals surface area (Å²) in [7, 11) is 1.70. The molecule has 2 amide bonds. The zero-order chi connectivity index (χ0) is 19.0. The molecule has 3 heterocycles. The summed E-state index contributed by atoms with van der Waals surface area (Å²) in [5, 5.41) is 7.73. The van der Waals surface area contributed by atoms with Crippen LogP contribution in [0.15, 0.2) is 34.7 Å². The first-order chi connectivity index (χ1) is 13.0. The quantitative estimate of drug-likeness (QED) is 0.765. The Labute approximate surface area is 155 Å². The molecule has 0 unspecified atom stereocenters. The minimum atomic E-state index is -0.347. The van der Waals surface area contributed by atoms with E-state index in [4.69, 9.17) is 9.15 Å². The van der Waals surface area contributed by atoms with Crippen molar-refractivity contribution in [2.45, 2.75) is 6.92 Å². The zero-order valence-corrected chi connectivity index (χ0v) is 15.2. The van der Waals surface area contributed by atoms with Gasteiger partial charge in [-0.15, -0.1) is 0 Å². The summed E-state index contributed by atoms with van der Waals surface area (Å²) in [5.41, 5.74) is 2.07. The van der Waals surface area contributed by atoms with Crippen LogP contribution < -0.4 is 5.32 Å². The monoisotopic (exact) mass is 368 g/mol. The first-order valence-corrected chi connectivity index (χ1v) is 8.75. The number of morpholine rings is 1. The second-order valence-electron chi connectivity index (χ2n) is 6.46. The SMILES string of the molecule is Cc1cc(C(=O)Nc2c(C(=O)N3CCOCC3)oc3ccccc23)n(C)n1. The van der Waals surface area contributed by atoms with Crippen molar-refractivity contribution in [1.29, 1.82) is 0 Å². The number of para-hydroxylation sites is 1. The maximum absolute atomic E-state index is 13.0. The molecule has 1 fully saturated rings. The molecular weight excluding hydrogens is 348 g/mol. The highest BCUT2D eigenvalue weighted by Gasteiger charge is 2.28. The van der Waals surface area contributed by atoms with Crippen molar-refractivity contribution in [3.63, 3.8) is 0 Å². The van der Waals surface area contributed by atoms with Gasteiger partial charge >= 0.3 is 0 Å². The normalized spacial score (nSPS) is 14.5. The van der Waals surface area contributed by atoms with Gasteiger partial charge in [0.15, 0.2) is 0 Å². The Morgan fingerprint density at radius 2 is 1.93 bits per heavy atom. The van der Waals surface area contributed by atoms with Crippen LogP contribution in [-0.4, -0.2) is 52.8 Å². The molecule has 4 rings (SSSR count). The molecule has 1 aromatic carbocycles. The molecule has 1 aliphatic rings. The van der Waals surface area contributed by atoms with E-state index in [-0.39, 0.29) is 17.6 Å². The highest BCUT2D eigenvalue weighted by atomic mass is 16.5. The Kier molecular flexibility index (Phi) is 4.41. The molecule has 0 spiro atoms. The Bertz CT molecular complexity index is 1010. The molecule has 0 bridgehead atoms. The van der Waals surface area contributed by atoms with E-state index >= 15 is 0 Å². The maximum atomic E-state index is 13.0. The predicted molar refractivity (Wildman–Crippen MR) is 98.8 cm³/mol. The van der Waals surface area contributed by atoms with E-state index in [1.165, 1.54) is 4.68 Å². The molecule has 0 radical (unpaired) electrons. The Morgan fingerprint density at radius 3 is 2.63 bits per heavy atom. The number of nitrogens with zero attached hydrogens (tertiary/aromatic N) is 3. The second kappa shape index (κ2) is 6.88. The Hall–Kier alpha value is -3.13. The Balaban J connectivity index is 1.73. The fourth-order valence-corrected chi connectivity index (χ4v) is 3.23. The van der Waals surface area contributed by atoms with E-state index in [1.54, 1.807) is 24.1 Å². The van der Waals surface area contributed by atoms with E-state index < -0.39 is 0 Å². The van der Waals surface area contributed by atoms with Gasteiger partial charge in [0.2, 0.25) is 5.76 Å². The molecular formula is C19H20N4O4. The summed E-state index contributed by atoms with van der Waals surface area (Å²) in [4.78, 5) is 27.4. The molecule has 8 heteroatoms. The van der Waals surface area contributed by atoms with Crippen LogP contribution >= 0.6 is 0 Å². The highest BCUT2D eigenvalue weighted by Crippen LogP contribution is 2.32. The van der Waals surface area contributed by atoms with Gasteiger partial charge in [-0.2, -0.15) is 5.10 Å². The molecule has 0 atom stereocenters. The number of hydrogen-bond acceptors (Lipinski definition) is 5. The van der Waals surface area contributed by atoms with Gasteiger partial charge in [-0.05, 0) is 25.1 Å². The lowest BCUT2D eigenvalue weighted by Crippen LogP contribution is -2.40. The third kappa shape index (κ3) is 3.19. The number of hydrogen-bond donors (Lipinski definition) is 1. The van der Waals surface area contributed by atoms with Gasteiger partial charge in [0.1, 0.15) is 17.0 Å². The second-order valence-corrected chi connectivity index (χ2v) is 6.46. The predicted octanol–water partition coefficient (Wildman–Crippen LogP) is 2.20. The molecule has 0 aliphatic carbocycles. The number of fused-ring (bicyclic) bond motifs is 1. The topological polar surface area (TPSA) is 89.6 Å². The molecule has 27 heavy (non-hydrogen) atoms. The van der Waals surface area contributed by atoms with Crippen LogP contribution in [0.2, 0.25) is 0 Å². The van der Waals surface area contributed by atoms with E-state index in [2.05, 4.69) is 10.4 Å². The molecule has 1 N–H and O–H groups in total. The summed E-state index contributed by atoms with van der Waals surface area (Å²) in [6.07, 6.45) is 0. The summed E-state index contributed by atoms with van der Waals surface area (Å²) >= 11 is 0. The number of nitrogens with one attached hydrogen (secondary N) is 1. The minimum absolute atomic E-state index is 0.130. The lowest BCUT2D eigenvalue weighted by atomic mass is 10.2. The van der Waals surface area contributed by atoms with Crippen LogP contribution in [0.1, 0.15) is 26.7 Å². The number of carbonyl (C=O) groups is 2. The lowest BCUT2D eigenvalue weighted by Gasteiger charge is -2.26. The Morgan fingerprint density at radius 1 is 1.19 bits per heavy atom. The van der Waals surface area contributed by atoms with E-state index in [1.807, 2.05) is 25.1 Å². The first kappa shape index (κ1) is 17.3. The van der Waals surface area contributed by atoms with Gasteiger partial charge in [-0.25, -0.2) is 0 Å². The van der Waals surface area contributed by atoms with Gasteiger partial charge in [-0.3, -0.25) is 14.3 Å². The molecule has 3 aromatic rings. The molecule has 2 aromatic heterocycles. The summed E-state index contributed by atoms with van der Waals surface area (Å²) < 4.78 is 12.6. The van der Waals surface area contributed by atoms with Crippen molar-refractivity contribution in [3.05, 3.63) is 47.5 Å². The minimum Gasteiger partial charge on any atom is -0.449 e. The number of aromatic nitrogens is 2. The summed E-state index contributed by atoms with van der Waals surface area (Å²) in [6, 6.07) is 8.95. The number of furan rings is 1. The number of amides is 2. The lowest BCUT2D eigenvalue weighted by molar-refractivity contribution is 0.0285. The third-order valence-electron chi connectivity index (χ3n) is 4.56. The number of rotatable bonds is 3. The molecule has 1 saturated heterocycles. The number of ether oxygens (including phenoxy) is 1. The number of anilines is 1. The standard InChI is InChI=1S/C19H20N4O4/c1-12-11-14(22(2)21-12)18(24)20-16-13-5-3-4-6-15(13)27-17(16)19(25)23-7-9-26-10-8-23/h3-6,11H,7-10H2,1-2H3,(H,20,24). The molecule has 0 saturated carbocycles. The van der Waals surface area contributed by atoms with Crippen molar-refractivity contribution < 1.29 is 18.7 Å². The van der Waals surface area contributed by atoms with Crippen LogP contribution in [0.4, 0.5) is 5.69 Å². The molecule has 1 aliphatic heterocycles. The van der Waals surface area contributed by atoms with Gasteiger partial charge in [0.05, 0.1) is 18.9 Å². The number of carbonyl (C=O) groups excluding carboxylic acids is 2. The average molecular weight is 368 g/mol.